The fourth-order valence-corrected chi connectivity index (χ4v) is 3.17. The lowest BCUT2D eigenvalue weighted by atomic mass is 10.1. The van der Waals surface area contributed by atoms with Gasteiger partial charge in [-0.2, -0.15) is 11.3 Å². The molecule has 18 heavy (non-hydrogen) atoms. The van der Waals surface area contributed by atoms with Gasteiger partial charge in [-0.1, -0.05) is 22.0 Å². The van der Waals surface area contributed by atoms with Gasteiger partial charge in [0.1, 0.15) is 6.04 Å². The first-order chi connectivity index (χ1) is 8.66. The zero-order valence-corrected chi connectivity index (χ0v) is 11.9. The summed E-state index contributed by atoms with van der Waals surface area (Å²) in [7, 11) is 0. The lowest BCUT2D eigenvalue weighted by Gasteiger charge is -2.17. The van der Waals surface area contributed by atoms with Gasteiger partial charge < -0.3 is 10.6 Å². The van der Waals surface area contributed by atoms with Gasteiger partial charge in [0.15, 0.2) is 0 Å². The van der Waals surface area contributed by atoms with E-state index in [4.69, 9.17) is 5.73 Å². The summed E-state index contributed by atoms with van der Waals surface area (Å²) in [5.41, 5.74) is 8.90. The van der Waals surface area contributed by atoms with Crippen LogP contribution in [0.15, 0.2) is 39.5 Å². The molecule has 0 radical (unpaired) electrons. The summed E-state index contributed by atoms with van der Waals surface area (Å²) < 4.78 is 0.957. The zero-order chi connectivity index (χ0) is 12.7. The molecule has 2 aromatic rings. The summed E-state index contributed by atoms with van der Waals surface area (Å²) in [6, 6.07) is 7.27. The van der Waals surface area contributed by atoms with Crippen LogP contribution in [0.4, 0.5) is 5.69 Å². The number of benzene rings is 1. The molecule has 1 amide bonds. The average Bonchev–Trinajstić information content (AvgIpc) is 2.93. The monoisotopic (exact) mass is 322 g/mol. The van der Waals surface area contributed by atoms with Crippen LogP contribution in [-0.4, -0.2) is 5.91 Å². The van der Waals surface area contributed by atoms with Crippen molar-refractivity contribution < 1.29 is 4.79 Å². The third-order valence-electron chi connectivity index (χ3n) is 3.07. The van der Waals surface area contributed by atoms with Crippen molar-refractivity contribution in [2.24, 2.45) is 5.73 Å². The first-order valence-electron chi connectivity index (χ1n) is 5.54. The molecule has 2 N–H and O–H groups in total. The SMILES string of the molecule is NC1C(=O)N(Cc2ccsc2)c2cc(Br)ccc21. The molecular formula is C13H11BrN2OS. The topological polar surface area (TPSA) is 46.3 Å². The van der Waals surface area contributed by atoms with Crippen molar-refractivity contribution in [3.05, 3.63) is 50.6 Å². The minimum absolute atomic E-state index is 0.0331. The van der Waals surface area contributed by atoms with Crippen LogP contribution in [-0.2, 0) is 11.3 Å². The number of nitrogens with zero attached hydrogens (tertiary/aromatic N) is 1. The first-order valence-corrected chi connectivity index (χ1v) is 7.28. The molecule has 1 aliphatic heterocycles. The van der Waals surface area contributed by atoms with Crippen LogP contribution in [0, 0.1) is 0 Å². The van der Waals surface area contributed by atoms with E-state index in [9.17, 15) is 4.79 Å². The Kier molecular flexibility index (Phi) is 2.97. The number of carbonyl (C=O) groups is 1. The van der Waals surface area contributed by atoms with Gasteiger partial charge in [-0.05, 0) is 34.5 Å². The zero-order valence-electron chi connectivity index (χ0n) is 9.47. The van der Waals surface area contributed by atoms with Crippen LogP contribution in [0.3, 0.4) is 0 Å². The van der Waals surface area contributed by atoms with Crippen molar-refractivity contribution in [2.75, 3.05) is 4.90 Å². The van der Waals surface area contributed by atoms with E-state index in [2.05, 4.69) is 21.3 Å². The summed E-state index contributed by atoms with van der Waals surface area (Å²) in [6.45, 7) is 0.583. The molecule has 3 rings (SSSR count). The van der Waals surface area contributed by atoms with Crippen molar-refractivity contribution in [1.29, 1.82) is 0 Å². The van der Waals surface area contributed by atoms with Crippen molar-refractivity contribution in [3.8, 4) is 0 Å². The molecule has 0 spiro atoms. The van der Waals surface area contributed by atoms with Gasteiger partial charge in [0.05, 0.1) is 12.2 Å². The molecule has 0 aliphatic carbocycles. The lowest BCUT2D eigenvalue weighted by molar-refractivity contribution is -0.119. The normalized spacial score (nSPS) is 18.2. The minimum Gasteiger partial charge on any atom is -0.316 e. The van der Waals surface area contributed by atoms with Crippen molar-refractivity contribution in [3.63, 3.8) is 0 Å². The lowest BCUT2D eigenvalue weighted by Crippen LogP contribution is -2.31. The van der Waals surface area contributed by atoms with Gasteiger partial charge in [0.25, 0.3) is 0 Å². The maximum atomic E-state index is 12.2. The molecule has 0 saturated carbocycles. The van der Waals surface area contributed by atoms with E-state index in [0.717, 1.165) is 21.3 Å². The van der Waals surface area contributed by atoms with E-state index < -0.39 is 6.04 Å². The quantitative estimate of drug-likeness (QED) is 0.923. The molecule has 1 aromatic heterocycles. The Bertz CT molecular complexity index is 597. The Morgan fingerprint density at radius 3 is 2.94 bits per heavy atom. The number of fused-ring (bicyclic) bond motifs is 1. The predicted molar refractivity (Wildman–Crippen MR) is 76.6 cm³/mol. The second-order valence-electron chi connectivity index (χ2n) is 4.24. The number of carbonyl (C=O) groups excluding carboxylic acids is 1. The van der Waals surface area contributed by atoms with E-state index in [1.54, 1.807) is 16.2 Å². The smallest absolute Gasteiger partial charge is 0.248 e. The largest absolute Gasteiger partial charge is 0.316 e. The van der Waals surface area contributed by atoms with Crippen molar-refractivity contribution in [1.82, 2.24) is 0 Å². The van der Waals surface area contributed by atoms with Crippen LogP contribution in [0.1, 0.15) is 17.2 Å². The summed E-state index contributed by atoms with van der Waals surface area (Å²) in [5, 5.41) is 4.06. The predicted octanol–water partition coefficient (Wildman–Crippen LogP) is 3.06. The summed E-state index contributed by atoms with van der Waals surface area (Å²) in [6.07, 6.45) is 0. The molecular weight excluding hydrogens is 312 g/mol. The highest BCUT2D eigenvalue weighted by atomic mass is 79.9. The van der Waals surface area contributed by atoms with Crippen molar-refractivity contribution >= 4 is 38.9 Å². The fraction of sp³-hybridized carbons (Fsp3) is 0.154. The van der Waals surface area contributed by atoms with Gasteiger partial charge in [-0.25, -0.2) is 0 Å². The highest BCUT2D eigenvalue weighted by Gasteiger charge is 2.34. The minimum atomic E-state index is -0.535. The van der Waals surface area contributed by atoms with Gasteiger partial charge in [-0.15, -0.1) is 0 Å². The van der Waals surface area contributed by atoms with E-state index in [0.29, 0.717) is 6.54 Å². The van der Waals surface area contributed by atoms with Crippen molar-refractivity contribution in [2.45, 2.75) is 12.6 Å². The average molecular weight is 323 g/mol. The number of amides is 1. The van der Waals surface area contributed by atoms with Crippen LogP contribution in [0.25, 0.3) is 0 Å². The summed E-state index contributed by atoms with van der Waals surface area (Å²) in [5.74, 6) is -0.0331. The van der Waals surface area contributed by atoms with E-state index >= 15 is 0 Å². The molecule has 0 saturated heterocycles. The molecule has 2 heterocycles. The van der Waals surface area contributed by atoms with Crippen LogP contribution < -0.4 is 10.6 Å². The Morgan fingerprint density at radius 1 is 1.39 bits per heavy atom. The number of hydrogen-bond acceptors (Lipinski definition) is 3. The standard InChI is InChI=1S/C13H11BrN2OS/c14-9-1-2-10-11(5-9)16(13(17)12(10)15)6-8-3-4-18-7-8/h1-5,7,12H,6,15H2. The molecule has 1 aromatic carbocycles. The molecule has 0 fully saturated rings. The molecule has 92 valence electrons. The second kappa shape index (κ2) is 4.50. The van der Waals surface area contributed by atoms with E-state index in [1.807, 2.05) is 29.6 Å². The van der Waals surface area contributed by atoms with E-state index in [-0.39, 0.29) is 5.91 Å². The Hall–Kier alpha value is -1.17. The van der Waals surface area contributed by atoms with Gasteiger partial charge in [-0.3, -0.25) is 4.79 Å². The van der Waals surface area contributed by atoms with Gasteiger partial charge >= 0.3 is 0 Å². The number of hydrogen-bond donors (Lipinski definition) is 1. The number of anilines is 1. The fourth-order valence-electron chi connectivity index (χ4n) is 2.16. The van der Waals surface area contributed by atoms with Crippen LogP contribution in [0.2, 0.25) is 0 Å². The van der Waals surface area contributed by atoms with Gasteiger partial charge in [0, 0.05) is 10.0 Å². The summed E-state index contributed by atoms with van der Waals surface area (Å²) >= 11 is 5.06. The Labute approximate surface area is 117 Å². The molecule has 1 unspecified atom stereocenters. The molecule has 3 nitrogen and oxygen atoms in total. The summed E-state index contributed by atoms with van der Waals surface area (Å²) in [4.78, 5) is 13.9. The van der Waals surface area contributed by atoms with Crippen LogP contribution >= 0.6 is 27.3 Å². The number of halogens is 1. The third-order valence-corrected chi connectivity index (χ3v) is 4.30. The maximum absolute atomic E-state index is 12.2. The number of thiophene rings is 1. The molecule has 1 atom stereocenters. The van der Waals surface area contributed by atoms with Gasteiger partial charge in [0.2, 0.25) is 5.91 Å². The Morgan fingerprint density at radius 2 is 2.22 bits per heavy atom. The third kappa shape index (κ3) is 1.88. The first kappa shape index (κ1) is 11.9. The van der Waals surface area contributed by atoms with Crippen LogP contribution in [0.5, 0.6) is 0 Å². The number of nitrogens with two attached hydrogens (primary N) is 1. The molecule has 1 aliphatic rings. The molecule has 5 heteroatoms. The molecule has 0 bridgehead atoms. The maximum Gasteiger partial charge on any atom is 0.248 e. The Balaban J connectivity index is 2.01. The highest BCUT2D eigenvalue weighted by molar-refractivity contribution is 9.10. The number of rotatable bonds is 2. The highest BCUT2D eigenvalue weighted by Crippen LogP contribution is 2.37. The second-order valence-corrected chi connectivity index (χ2v) is 5.93. The van der Waals surface area contributed by atoms with E-state index in [1.165, 1.54) is 0 Å².